The molecular weight excluding hydrogens is 248 g/mol. The Morgan fingerprint density at radius 3 is 2.71 bits per heavy atom. The van der Waals surface area contributed by atoms with Crippen LogP contribution in [0, 0.1) is 17.8 Å². The Bertz CT molecular complexity index is 339. The zero-order valence-electron chi connectivity index (χ0n) is 7.52. The Hall–Kier alpha value is -0.320. The van der Waals surface area contributed by atoms with Crippen LogP contribution in [0.15, 0.2) is 21.2 Å². The maximum Gasteiger partial charge on any atom is 0.146 e. The molecule has 1 saturated heterocycles. The number of hydrogen-bond donors (Lipinski definition) is 1. The van der Waals surface area contributed by atoms with E-state index in [1.165, 1.54) is 0 Å². The van der Waals surface area contributed by atoms with Crippen molar-refractivity contribution in [1.82, 2.24) is 0 Å². The molecule has 3 unspecified atom stereocenters. The van der Waals surface area contributed by atoms with E-state index in [0.29, 0.717) is 23.5 Å². The maximum absolute atomic E-state index is 10.1. The van der Waals surface area contributed by atoms with Crippen molar-refractivity contribution in [2.45, 2.75) is 6.10 Å². The fourth-order valence-electron chi connectivity index (χ4n) is 2.44. The zero-order chi connectivity index (χ0) is 9.71. The summed E-state index contributed by atoms with van der Waals surface area (Å²) in [4.78, 5) is 0. The van der Waals surface area contributed by atoms with Crippen molar-refractivity contribution in [2.75, 3.05) is 13.2 Å². The van der Waals surface area contributed by atoms with Crippen LogP contribution in [0.2, 0.25) is 0 Å². The smallest absolute Gasteiger partial charge is 0.146 e. The van der Waals surface area contributed by atoms with Gasteiger partial charge in [0.1, 0.15) is 11.9 Å². The number of rotatable bonds is 2. The molecule has 1 aliphatic heterocycles. The number of aliphatic hydroxyl groups excluding tert-OH is 1. The van der Waals surface area contributed by atoms with Crippen LogP contribution in [-0.2, 0) is 4.74 Å². The van der Waals surface area contributed by atoms with Gasteiger partial charge in [-0.2, -0.15) is 0 Å². The Kier molecular flexibility index (Phi) is 1.97. The molecule has 1 saturated carbocycles. The third-order valence-electron chi connectivity index (χ3n) is 3.30. The van der Waals surface area contributed by atoms with Crippen LogP contribution >= 0.6 is 15.9 Å². The first-order chi connectivity index (χ1) is 6.79. The van der Waals surface area contributed by atoms with Gasteiger partial charge in [0.2, 0.25) is 0 Å². The molecular formula is C10H11BrO3. The monoisotopic (exact) mass is 258 g/mol. The number of fused-ring (bicyclic) bond motifs is 1. The van der Waals surface area contributed by atoms with Gasteiger partial charge < -0.3 is 14.3 Å². The quantitative estimate of drug-likeness (QED) is 0.882. The van der Waals surface area contributed by atoms with Crippen LogP contribution < -0.4 is 0 Å². The molecule has 2 fully saturated rings. The molecule has 0 radical (unpaired) electrons. The van der Waals surface area contributed by atoms with Crippen molar-refractivity contribution >= 4 is 15.9 Å². The molecule has 0 spiro atoms. The molecule has 2 aliphatic rings. The predicted molar refractivity (Wildman–Crippen MR) is 52.7 cm³/mol. The summed E-state index contributed by atoms with van der Waals surface area (Å²) in [7, 11) is 0. The van der Waals surface area contributed by atoms with E-state index in [1.54, 1.807) is 6.26 Å². The van der Waals surface area contributed by atoms with Gasteiger partial charge in [-0.05, 0) is 33.8 Å². The standard InChI is InChI=1S/C10H11BrO3/c11-7-1-2-14-10(7)9(12)8-5-3-13-4-6(5)8/h1-2,5-6,8-9,12H,3-4H2. The van der Waals surface area contributed by atoms with Gasteiger partial charge in [0, 0.05) is 5.92 Å². The number of hydrogen-bond acceptors (Lipinski definition) is 3. The molecule has 3 nitrogen and oxygen atoms in total. The lowest BCUT2D eigenvalue weighted by molar-refractivity contribution is 0.0745. The van der Waals surface area contributed by atoms with Gasteiger partial charge >= 0.3 is 0 Å². The van der Waals surface area contributed by atoms with Crippen LogP contribution in [0.25, 0.3) is 0 Å². The summed E-state index contributed by atoms with van der Waals surface area (Å²) in [6, 6.07) is 1.81. The van der Waals surface area contributed by atoms with Crippen molar-refractivity contribution in [2.24, 2.45) is 17.8 Å². The highest BCUT2D eigenvalue weighted by molar-refractivity contribution is 9.10. The van der Waals surface area contributed by atoms with Gasteiger partial charge in [0.25, 0.3) is 0 Å². The molecule has 3 atom stereocenters. The largest absolute Gasteiger partial charge is 0.465 e. The minimum Gasteiger partial charge on any atom is -0.465 e. The molecule has 1 N–H and O–H groups in total. The molecule has 1 aromatic rings. The highest BCUT2D eigenvalue weighted by atomic mass is 79.9. The van der Waals surface area contributed by atoms with E-state index in [1.807, 2.05) is 6.07 Å². The summed E-state index contributed by atoms with van der Waals surface area (Å²) in [5.41, 5.74) is 0. The molecule has 0 aromatic carbocycles. The summed E-state index contributed by atoms with van der Waals surface area (Å²) in [5, 5.41) is 10.1. The summed E-state index contributed by atoms with van der Waals surface area (Å²) >= 11 is 3.36. The molecule has 1 aromatic heterocycles. The Balaban J connectivity index is 1.78. The van der Waals surface area contributed by atoms with Gasteiger partial charge in [0.05, 0.1) is 23.9 Å². The first-order valence-corrected chi connectivity index (χ1v) is 5.57. The molecule has 76 valence electrons. The second-order valence-electron chi connectivity index (χ2n) is 4.02. The van der Waals surface area contributed by atoms with Crippen molar-refractivity contribution in [3.8, 4) is 0 Å². The minimum atomic E-state index is -0.474. The lowest BCUT2D eigenvalue weighted by Crippen LogP contribution is -2.07. The second kappa shape index (κ2) is 3.08. The van der Waals surface area contributed by atoms with Gasteiger partial charge in [-0.3, -0.25) is 0 Å². The summed E-state index contributed by atoms with van der Waals surface area (Å²) < 4.78 is 11.4. The van der Waals surface area contributed by atoms with Crippen LogP contribution in [-0.4, -0.2) is 18.3 Å². The Morgan fingerprint density at radius 1 is 1.43 bits per heavy atom. The predicted octanol–water partition coefficient (Wildman–Crippen LogP) is 1.97. The van der Waals surface area contributed by atoms with E-state index < -0.39 is 6.10 Å². The van der Waals surface area contributed by atoms with Crippen LogP contribution in [0.1, 0.15) is 11.9 Å². The average molecular weight is 259 g/mol. The summed E-state index contributed by atoms with van der Waals surface area (Å²) in [6.45, 7) is 1.59. The van der Waals surface area contributed by atoms with E-state index in [9.17, 15) is 5.11 Å². The van der Waals surface area contributed by atoms with E-state index in [-0.39, 0.29) is 0 Å². The average Bonchev–Trinajstić information content (AvgIpc) is 2.57. The van der Waals surface area contributed by atoms with Crippen LogP contribution in [0.4, 0.5) is 0 Å². The molecule has 0 amide bonds. The van der Waals surface area contributed by atoms with E-state index in [2.05, 4.69) is 15.9 Å². The highest BCUT2D eigenvalue weighted by Crippen LogP contribution is 2.57. The van der Waals surface area contributed by atoms with E-state index in [0.717, 1.165) is 17.7 Å². The molecule has 3 rings (SSSR count). The lowest BCUT2D eigenvalue weighted by Gasteiger charge is -2.10. The first kappa shape index (κ1) is 8.95. The maximum atomic E-state index is 10.1. The normalized spacial score (nSPS) is 36.9. The molecule has 1 aliphatic carbocycles. The number of halogens is 1. The number of ether oxygens (including phenoxy) is 1. The van der Waals surface area contributed by atoms with Crippen molar-refractivity contribution in [3.05, 3.63) is 22.6 Å². The fourth-order valence-corrected chi connectivity index (χ4v) is 2.88. The van der Waals surface area contributed by atoms with Crippen LogP contribution in [0.3, 0.4) is 0 Å². The Labute approximate surface area is 90.2 Å². The Morgan fingerprint density at radius 2 is 2.14 bits per heavy atom. The summed E-state index contributed by atoms with van der Waals surface area (Å²) in [5.74, 6) is 2.08. The molecule has 4 heteroatoms. The van der Waals surface area contributed by atoms with E-state index >= 15 is 0 Å². The number of aliphatic hydroxyl groups is 1. The zero-order valence-corrected chi connectivity index (χ0v) is 9.11. The number of furan rings is 1. The fraction of sp³-hybridized carbons (Fsp3) is 0.600. The van der Waals surface area contributed by atoms with Gasteiger partial charge in [-0.15, -0.1) is 0 Å². The van der Waals surface area contributed by atoms with Crippen molar-refractivity contribution in [1.29, 1.82) is 0 Å². The van der Waals surface area contributed by atoms with Crippen molar-refractivity contribution < 1.29 is 14.3 Å². The summed E-state index contributed by atoms with van der Waals surface area (Å²) in [6.07, 6.45) is 1.12. The topological polar surface area (TPSA) is 42.6 Å². The first-order valence-electron chi connectivity index (χ1n) is 4.77. The van der Waals surface area contributed by atoms with Crippen LogP contribution in [0.5, 0.6) is 0 Å². The molecule has 2 heterocycles. The highest BCUT2D eigenvalue weighted by Gasteiger charge is 2.58. The van der Waals surface area contributed by atoms with Gasteiger partial charge in [-0.1, -0.05) is 0 Å². The molecule has 14 heavy (non-hydrogen) atoms. The lowest BCUT2D eigenvalue weighted by atomic mass is 10.1. The SMILES string of the molecule is OC(c1occc1Br)C1C2COCC21. The molecule has 0 bridgehead atoms. The third kappa shape index (κ3) is 1.17. The van der Waals surface area contributed by atoms with Gasteiger partial charge in [0.15, 0.2) is 0 Å². The van der Waals surface area contributed by atoms with Crippen molar-refractivity contribution in [3.63, 3.8) is 0 Å². The second-order valence-corrected chi connectivity index (χ2v) is 4.87. The third-order valence-corrected chi connectivity index (χ3v) is 3.95. The minimum absolute atomic E-state index is 0.339. The van der Waals surface area contributed by atoms with E-state index in [4.69, 9.17) is 9.15 Å². The van der Waals surface area contributed by atoms with Gasteiger partial charge in [-0.25, -0.2) is 0 Å².